The van der Waals surface area contributed by atoms with E-state index in [2.05, 4.69) is 15.6 Å². The molecule has 100 valence electrons. The summed E-state index contributed by atoms with van der Waals surface area (Å²) in [6.07, 6.45) is 0. The van der Waals surface area contributed by atoms with Crippen LogP contribution in [0.2, 0.25) is 0 Å². The number of hydrogen-bond donors (Lipinski definition) is 2. The fourth-order valence-corrected chi connectivity index (χ4v) is 2.20. The van der Waals surface area contributed by atoms with Gasteiger partial charge in [0, 0.05) is 17.6 Å². The second-order valence-corrected chi connectivity index (χ2v) is 4.99. The Morgan fingerprint density at radius 1 is 1.26 bits per heavy atom. The largest absolute Gasteiger partial charge is 0.334 e. The molecule has 2 rings (SSSR count). The summed E-state index contributed by atoms with van der Waals surface area (Å²) < 4.78 is 12.7. The zero-order chi connectivity index (χ0) is 13.7. The molecule has 0 saturated heterocycles. The van der Waals surface area contributed by atoms with Gasteiger partial charge in [0.05, 0.1) is 6.54 Å². The monoisotopic (exact) mass is 279 g/mol. The summed E-state index contributed by atoms with van der Waals surface area (Å²) in [7, 11) is 0. The topological polar surface area (TPSA) is 54.0 Å². The van der Waals surface area contributed by atoms with E-state index in [-0.39, 0.29) is 11.8 Å². The average molecular weight is 279 g/mol. The van der Waals surface area contributed by atoms with Gasteiger partial charge in [-0.15, -0.1) is 11.3 Å². The molecule has 1 heterocycles. The first kappa shape index (κ1) is 13.5. The highest BCUT2D eigenvalue weighted by molar-refractivity contribution is 7.09. The summed E-state index contributed by atoms with van der Waals surface area (Å²) in [5, 5.41) is 8.23. The number of carbonyl (C=O) groups is 1. The van der Waals surface area contributed by atoms with Gasteiger partial charge in [-0.3, -0.25) is 0 Å². The standard InChI is InChI=1S/C13H14FN3OS/c1-9-8-19-12(17-9)7-16-13(18)15-6-10-2-4-11(14)5-3-10/h2-5,8H,6-7H2,1H3,(H2,15,16,18). The molecule has 0 saturated carbocycles. The van der Waals surface area contributed by atoms with Crippen LogP contribution in [0.3, 0.4) is 0 Å². The summed E-state index contributed by atoms with van der Waals surface area (Å²) in [6.45, 7) is 2.69. The van der Waals surface area contributed by atoms with Gasteiger partial charge in [0.25, 0.3) is 0 Å². The molecule has 6 heteroatoms. The van der Waals surface area contributed by atoms with Gasteiger partial charge in [0.1, 0.15) is 10.8 Å². The van der Waals surface area contributed by atoms with Crippen LogP contribution in [0.1, 0.15) is 16.3 Å². The lowest BCUT2D eigenvalue weighted by Crippen LogP contribution is -2.34. The molecular weight excluding hydrogens is 265 g/mol. The summed E-state index contributed by atoms with van der Waals surface area (Å²) in [5.74, 6) is -0.285. The highest BCUT2D eigenvalue weighted by Crippen LogP contribution is 2.07. The maximum atomic E-state index is 12.7. The van der Waals surface area contributed by atoms with Crippen molar-refractivity contribution in [3.8, 4) is 0 Å². The van der Waals surface area contributed by atoms with E-state index < -0.39 is 0 Å². The van der Waals surface area contributed by atoms with E-state index in [1.807, 2.05) is 12.3 Å². The van der Waals surface area contributed by atoms with Crippen molar-refractivity contribution in [1.82, 2.24) is 15.6 Å². The molecule has 1 aromatic heterocycles. The Bertz CT molecular complexity index is 553. The predicted molar refractivity (Wildman–Crippen MR) is 72.3 cm³/mol. The van der Waals surface area contributed by atoms with Crippen LogP contribution in [0.25, 0.3) is 0 Å². The van der Waals surface area contributed by atoms with E-state index in [4.69, 9.17) is 0 Å². The third-order valence-corrected chi connectivity index (χ3v) is 3.40. The molecule has 0 radical (unpaired) electrons. The predicted octanol–water partition coefficient (Wildman–Crippen LogP) is 2.59. The number of amides is 2. The Labute approximate surface area is 114 Å². The second kappa shape index (κ2) is 6.29. The molecule has 2 N–H and O–H groups in total. The Morgan fingerprint density at radius 2 is 1.95 bits per heavy atom. The summed E-state index contributed by atoms with van der Waals surface area (Å²) in [4.78, 5) is 15.8. The molecule has 0 fully saturated rings. The minimum atomic E-state index is -0.285. The molecule has 4 nitrogen and oxygen atoms in total. The van der Waals surface area contributed by atoms with E-state index >= 15 is 0 Å². The average Bonchev–Trinajstić information content (AvgIpc) is 2.81. The van der Waals surface area contributed by atoms with Crippen LogP contribution < -0.4 is 10.6 Å². The van der Waals surface area contributed by atoms with Crippen molar-refractivity contribution in [2.75, 3.05) is 0 Å². The fraction of sp³-hybridized carbons (Fsp3) is 0.231. The van der Waals surface area contributed by atoms with Crippen molar-refractivity contribution >= 4 is 17.4 Å². The van der Waals surface area contributed by atoms with Crippen LogP contribution in [0.15, 0.2) is 29.6 Å². The summed E-state index contributed by atoms with van der Waals surface area (Å²) in [6, 6.07) is 5.75. The number of urea groups is 1. The number of nitrogens with one attached hydrogen (secondary N) is 2. The van der Waals surface area contributed by atoms with Gasteiger partial charge in [-0.2, -0.15) is 0 Å². The third kappa shape index (κ3) is 4.33. The molecule has 0 aliphatic heterocycles. The molecule has 0 aliphatic rings. The van der Waals surface area contributed by atoms with Gasteiger partial charge in [-0.1, -0.05) is 12.1 Å². The van der Waals surface area contributed by atoms with E-state index in [1.54, 1.807) is 12.1 Å². The van der Waals surface area contributed by atoms with Crippen molar-refractivity contribution in [2.24, 2.45) is 0 Å². The van der Waals surface area contributed by atoms with Gasteiger partial charge in [0.15, 0.2) is 0 Å². The number of hydrogen-bond acceptors (Lipinski definition) is 3. The summed E-state index contributed by atoms with van der Waals surface area (Å²) >= 11 is 1.51. The third-order valence-electron chi connectivity index (χ3n) is 2.43. The fourth-order valence-electron chi connectivity index (χ4n) is 1.49. The van der Waals surface area contributed by atoms with Gasteiger partial charge in [0.2, 0.25) is 0 Å². The Morgan fingerprint density at radius 3 is 2.58 bits per heavy atom. The molecule has 0 atom stereocenters. The van der Waals surface area contributed by atoms with E-state index in [9.17, 15) is 9.18 Å². The number of nitrogens with zero attached hydrogens (tertiary/aromatic N) is 1. The SMILES string of the molecule is Cc1csc(CNC(=O)NCc2ccc(F)cc2)n1. The molecule has 0 aliphatic carbocycles. The first-order chi connectivity index (χ1) is 9.13. The van der Waals surface area contributed by atoms with Crippen LogP contribution in [0.5, 0.6) is 0 Å². The van der Waals surface area contributed by atoms with Crippen LogP contribution in [0, 0.1) is 12.7 Å². The van der Waals surface area contributed by atoms with E-state index in [0.717, 1.165) is 16.3 Å². The highest BCUT2D eigenvalue weighted by atomic mass is 32.1. The summed E-state index contributed by atoms with van der Waals surface area (Å²) in [5.41, 5.74) is 1.80. The molecular formula is C13H14FN3OS. The maximum absolute atomic E-state index is 12.7. The van der Waals surface area contributed by atoms with Crippen LogP contribution in [0.4, 0.5) is 9.18 Å². The van der Waals surface area contributed by atoms with Crippen LogP contribution in [-0.4, -0.2) is 11.0 Å². The maximum Gasteiger partial charge on any atom is 0.315 e. The molecule has 0 spiro atoms. The molecule has 2 aromatic rings. The molecule has 19 heavy (non-hydrogen) atoms. The van der Waals surface area contributed by atoms with Gasteiger partial charge in [-0.05, 0) is 24.6 Å². The second-order valence-electron chi connectivity index (χ2n) is 4.05. The number of rotatable bonds is 4. The number of aromatic nitrogens is 1. The number of aryl methyl sites for hydroxylation is 1. The zero-order valence-electron chi connectivity index (χ0n) is 10.4. The lowest BCUT2D eigenvalue weighted by Gasteiger charge is -2.06. The van der Waals surface area contributed by atoms with Gasteiger partial charge < -0.3 is 10.6 Å². The van der Waals surface area contributed by atoms with Crippen molar-refractivity contribution in [3.63, 3.8) is 0 Å². The minimum Gasteiger partial charge on any atom is -0.334 e. The number of thiazole rings is 1. The number of halogens is 1. The van der Waals surface area contributed by atoms with Crippen LogP contribution in [-0.2, 0) is 13.1 Å². The van der Waals surface area contributed by atoms with Crippen LogP contribution >= 0.6 is 11.3 Å². The quantitative estimate of drug-likeness (QED) is 0.904. The Hall–Kier alpha value is -1.95. The molecule has 1 aromatic carbocycles. The van der Waals surface area contributed by atoms with Gasteiger partial charge in [-0.25, -0.2) is 14.2 Å². The molecule has 2 amide bonds. The zero-order valence-corrected chi connectivity index (χ0v) is 11.3. The molecule has 0 bridgehead atoms. The van der Waals surface area contributed by atoms with Gasteiger partial charge >= 0.3 is 6.03 Å². The normalized spacial score (nSPS) is 10.2. The Kier molecular flexibility index (Phi) is 4.46. The minimum absolute atomic E-state index is 0.267. The number of carbonyl (C=O) groups excluding carboxylic acids is 1. The Balaban J connectivity index is 1.74. The first-order valence-corrected chi connectivity index (χ1v) is 6.68. The first-order valence-electron chi connectivity index (χ1n) is 5.80. The lowest BCUT2D eigenvalue weighted by atomic mass is 10.2. The van der Waals surface area contributed by atoms with E-state index in [1.165, 1.54) is 23.5 Å². The lowest BCUT2D eigenvalue weighted by molar-refractivity contribution is 0.240. The van der Waals surface area contributed by atoms with Crippen molar-refractivity contribution in [1.29, 1.82) is 0 Å². The molecule has 0 unspecified atom stereocenters. The van der Waals surface area contributed by atoms with Crippen molar-refractivity contribution < 1.29 is 9.18 Å². The van der Waals surface area contributed by atoms with Crippen molar-refractivity contribution in [2.45, 2.75) is 20.0 Å². The number of benzene rings is 1. The smallest absolute Gasteiger partial charge is 0.315 e. The van der Waals surface area contributed by atoms with E-state index in [0.29, 0.717) is 13.1 Å². The highest BCUT2D eigenvalue weighted by Gasteiger charge is 2.03. The van der Waals surface area contributed by atoms with Crippen molar-refractivity contribution in [3.05, 3.63) is 51.7 Å².